The van der Waals surface area contributed by atoms with Crippen molar-refractivity contribution in [3.8, 4) is 0 Å². The van der Waals surface area contributed by atoms with Gasteiger partial charge in [-0.3, -0.25) is 4.79 Å². The first-order chi connectivity index (χ1) is 11.3. The topological polar surface area (TPSA) is 49.3 Å². The molecule has 1 amide bonds. The van der Waals surface area contributed by atoms with Gasteiger partial charge in [-0.15, -0.1) is 0 Å². The van der Waals surface area contributed by atoms with Crippen LogP contribution < -0.4 is 5.32 Å². The van der Waals surface area contributed by atoms with E-state index in [1.54, 1.807) is 0 Å². The predicted molar refractivity (Wildman–Crippen MR) is 91.2 cm³/mol. The molecule has 1 aliphatic carbocycles. The van der Waals surface area contributed by atoms with Crippen molar-refractivity contribution in [2.24, 2.45) is 0 Å². The van der Waals surface area contributed by atoms with Gasteiger partial charge >= 0.3 is 0 Å². The number of hydrogen-bond donors (Lipinski definition) is 2. The van der Waals surface area contributed by atoms with Gasteiger partial charge in [0.05, 0.1) is 6.61 Å². The first-order valence-corrected chi connectivity index (χ1v) is 8.29. The largest absolute Gasteiger partial charge is 0.392 e. The number of rotatable bonds is 6. The fraction of sp³-hybridized carbons (Fsp3) is 0.350. The Morgan fingerprint density at radius 2 is 1.83 bits per heavy atom. The van der Waals surface area contributed by atoms with Gasteiger partial charge in [-0.05, 0) is 47.4 Å². The Labute approximate surface area is 137 Å². The van der Waals surface area contributed by atoms with Crippen molar-refractivity contribution in [3.63, 3.8) is 0 Å². The van der Waals surface area contributed by atoms with Gasteiger partial charge in [-0.25, -0.2) is 0 Å². The molecule has 23 heavy (non-hydrogen) atoms. The molecule has 2 aromatic carbocycles. The van der Waals surface area contributed by atoms with Crippen LogP contribution in [0.1, 0.15) is 41.0 Å². The maximum atomic E-state index is 12.2. The highest BCUT2D eigenvalue weighted by Gasteiger charge is 2.23. The number of aryl methyl sites for hydroxylation is 1. The van der Waals surface area contributed by atoms with Crippen LogP contribution in [0.25, 0.3) is 0 Å². The molecule has 120 valence electrons. The zero-order chi connectivity index (χ0) is 16.1. The number of hydrogen-bond acceptors (Lipinski definition) is 2. The van der Waals surface area contributed by atoms with Crippen molar-refractivity contribution < 1.29 is 9.90 Å². The van der Waals surface area contributed by atoms with Gasteiger partial charge in [0, 0.05) is 13.0 Å². The number of amides is 1. The van der Waals surface area contributed by atoms with E-state index in [9.17, 15) is 4.79 Å². The van der Waals surface area contributed by atoms with Crippen LogP contribution in [-0.4, -0.2) is 17.6 Å². The minimum absolute atomic E-state index is 0.0693. The number of benzene rings is 2. The lowest BCUT2D eigenvalue weighted by Gasteiger charge is -2.12. The van der Waals surface area contributed by atoms with Crippen molar-refractivity contribution in [1.29, 1.82) is 0 Å². The minimum atomic E-state index is 0.0693. The smallest absolute Gasteiger partial charge is 0.220 e. The third kappa shape index (κ3) is 3.99. The highest BCUT2D eigenvalue weighted by atomic mass is 16.3. The maximum Gasteiger partial charge on any atom is 0.220 e. The van der Waals surface area contributed by atoms with E-state index in [-0.39, 0.29) is 12.5 Å². The fourth-order valence-corrected chi connectivity index (χ4v) is 3.31. The molecule has 0 aliphatic heterocycles. The second kappa shape index (κ2) is 7.42. The van der Waals surface area contributed by atoms with Gasteiger partial charge in [0.1, 0.15) is 0 Å². The van der Waals surface area contributed by atoms with Crippen molar-refractivity contribution in [2.45, 2.75) is 38.2 Å². The quantitative estimate of drug-likeness (QED) is 0.862. The molecule has 1 atom stereocenters. The summed E-state index contributed by atoms with van der Waals surface area (Å²) in [7, 11) is 0. The molecule has 0 aromatic heterocycles. The van der Waals surface area contributed by atoms with Crippen molar-refractivity contribution >= 4 is 5.91 Å². The zero-order valence-corrected chi connectivity index (χ0v) is 13.3. The van der Waals surface area contributed by atoms with E-state index in [2.05, 4.69) is 29.6 Å². The summed E-state index contributed by atoms with van der Waals surface area (Å²) in [4.78, 5) is 12.2. The zero-order valence-electron chi connectivity index (χ0n) is 13.3. The number of carbonyl (C=O) groups excluding carboxylic acids is 1. The van der Waals surface area contributed by atoms with Crippen LogP contribution in [0, 0.1) is 0 Å². The Morgan fingerprint density at radius 3 is 2.61 bits per heavy atom. The third-order valence-corrected chi connectivity index (χ3v) is 4.63. The molecule has 0 fully saturated rings. The number of aliphatic hydroxyl groups is 1. The summed E-state index contributed by atoms with van der Waals surface area (Å²) >= 11 is 0. The van der Waals surface area contributed by atoms with Crippen molar-refractivity contribution in [1.82, 2.24) is 5.32 Å². The fourth-order valence-electron chi connectivity index (χ4n) is 3.31. The van der Waals surface area contributed by atoms with Gasteiger partial charge in [0.2, 0.25) is 5.91 Å². The Balaban J connectivity index is 1.45. The highest BCUT2D eigenvalue weighted by Crippen LogP contribution is 2.34. The van der Waals surface area contributed by atoms with E-state index in [4.69, 9.17) is 5.11 Å². The molecule has 3 rings (SSSR count). The monoisotopic (exact) mass is 309 g/mol. The molecule has 0 saturated heterocycles. The van der Waals surface area contributed by atoms with Crippen LogP contribution in [0.3, 0.4) is 0 Å². The summed E-state index contributed by atoms with van der Waals surface area (Å²) in [6.45, 7) is 0.728. The Kier molecular flexibility index (Phi) is 5.09. The number of nitrogens with one attached hydrogen (secondary N) is 1. The molecule has 1 unspecified atom stereocenters. The van der Waals surface area contributed by atoms with E-state index in [0.717, 1.165) is 24.8 Å². The summed E-state index contributed by atoms with van der Waals surface area (Å²) in [6, 6.07) is 16.3. The molecule has 0 saturated carbocycles. The SMILES string of the molecule is O=C(CC1CCc2ccccc21)NCCc1ccc(CO)cc1. The number of carbonyl (C=O) groups is 1. The third-order valence-electron chi connectivity index (χ3n) is 4.63. The molecule has 0 spiro atoms. The lowest BCUT2D eigenvalue weighted by molar-refractivity contribution is -0.121. The van der Waals surface area contributed by atoms with E-state index < -0.39 is 0 Å². The average molecular weight is 309 g/mol. The summed E-state index contributed by atoms with van der Waals surface area (Å²) in [6.07, 6.45) is 3.57. The van der Waals surface area contributed by atoms with Gasteiger partial charge in [-0.1, -0.05) is 48.5 Å². The Bertz CT molecular complexity index is 664. The van der Waals surface area contributed by atoms with Crippen LogP contribution in [0.2, 0.25) is 0 Å². The van der Waals surface area contributed by atoms with Gasteiger partial charge < -0.3 is 10.4 Å². The lowest BCUT2D eigenvalue weighted by atomic mass is 9.97. The van der Waals surface area contributed by atoms with Gasteiger partial charge in [0.15, 0.2) is 0 Å². The highest BCUT2D eigenvalue weighted by molar-refractivity contribution is 5.77. The second-order valence-electron chi connectivity index (χ2n) is 6.21. The summed E-state index contributed by atoms with van der Waals surface area (Å²) in [5, 5.41) is 12.1. The normalized spacial score (nSPS) is 16.1. The number of aliphatic hydroxyl groups excluding tert-OH is 1. The standard InChI is InChI=1S/C20H23NO2/c22-14-16-7-5-15(6-8-16)11-12-21-20(23)13-18-10-9-17-3-1-2-4-19(17)18/h1-8,18,22H,9-14H2,(H,21,23). The first kappa shape index (κ1) is 15.8. The summed E-state index contributed by atoms with van der Waals surface area (Å²) in [5.74, 6) is 0.508. The maximum absolute atomic E-state index is 12.2. The molecule has 3 nitrogen and oxygen atoms in total. The molecule has 2 N–H and O–H groups in total. The summed E-state index contributed by atoms with van der Waals surface area (Å²) in [5.41, 5.74) is 4.84. The van der Waals surface area contributed by atoms with Crippen LogP contribution in [-0.2, 0) is 24.2 Å². The minimum Gasteiger partial charge on any atom is -0.392 e. The molecule has 0 radical (unpaired) electrons. The first-order valence-electron chi connectivity index (χ1n) is 8.29. The molecule has 3 heteroatoms. The Morgan fingerprint density at radius 1 is 1.09 bits per heavy atom. The van der Waals surface area contributed by atoms with Crippen LogP contribution >= 0.6 is 0 Å². The van der Waals surface area contributed by atoms with Gasteiger partial charge in [0.25, 0.3) is 0 Å². The average Bonchev–Trinajstić information content (AvgIpc) is 2.99. The molecule has 1 aliphatic rings. The summed E-state index contributed by atoms with van der Waals surface area (Å²) < 4.78 is 0. The second-order valence-corrected chi connectivity index (χ2v) is 6.21. The van der Waals surface area contributed by atoms with Crippen molar-refractivity contribution in [2.75, 3.05) is 6.54 Å². The van der Waals surface area contributed by atoms with Crippen LogP contribution in [0.4, 0.5) is 0 Å². The van der Waals surface area contributed by atoms with Gasteiger partial charge in [-0.2, -0.15) is 0 Å². The van der Waals surface area contributed by atoms with E-state index >= 15 is 0 Å². The van der Waals surface area contributed by atoms with Crippen molar-refractivity contribution in [3.05, 3.63) is 70.8 Å². The Hall–Kier alpha value is -2.13. The van der Waals surface area contributed by atoms with E-state index in [0.29, 0.717) is 18.9 Å². The molecular weight excluding hydrogens is 286 g/mol. The predicted octanol–water partition coefficient (Wildman–Crippen LogP) is 2.96. The van der Waals surface area contributed by atoms with Crippen LogP contribution in [0.5, 0.6) is 0 Å². The number of fused-ring (bicyclic) bond motifs is 1. The van der Waals surface area contributed by atoms with E-state index in [1.807, 2.05) is 24.3 Å². The molecule has 2 aromatic rings. The molecule has 0 heterocycles. The van der Waals surface area contributed by atoms with Crippen LogP contribution in [0.15, 0.2) is 48.5 Å². The lowest BCUT2D eigenvalue weighted by Crippen LogP contribution is -2.26. The molecule has 0 bridgehead atoms. The van der Waals surface area contributed by atoms with E-state index in [1.165, 1.54) is 16.7 Å². The molecular formula is C20H23NO2.